The third kappa shape index (κ3) is 3.16. The molecule has 0 amide bonds. The molecule has 3 nitrogen and oxygen atoms in total. The highest BCUT2D eigenvalue weighted by Gasteiger charge is 2.42. The molecule has 0 aromatic rings. The summed E-state index contributed by atoms with van der Waals surface area (Å²) in [5.74, 6) is 2.99. The number of terminal acetylenes is 1. The van der Waals surface area contributed by atoms with E-state index in [0.717, 1.165) is 5.57 Å². The van der Waals surface area contributed by atoms with Gasteiger partial charge in [0.25, 0.3) is 0 Å². The van der Waals surface area contributed by atoms with Gasteiger partial charge in [0.05, 0.1) is 6.16 Å². The molecule has 1 atom stereocenters. The van der Waals surface area contributed by atoms with E-state index >= 15 is 0 Å². The predicted octanol–water partition coefficient (Wildman–Crippen LogP) is 4.04. The fraction of sp³-hybridized carbons (Fsp3) is 0.429. The molecule has 0 spiro atoms. The van der Waals surface area contributed by atoms with E-state index in [2.05, 4.69) is 19.1 Å². The van der Waals surface area contributed by atoms with Crippen molar-refractivity contribution in [2.45, 2.75) is 32.3 Å². The summed E-state index contributed by atoms with van der Waals surface area (Å²) in [6.45, 7) is 11.1. The third-order valence-corrected chi connectivity index (χ3v) is 4.73. The van der Waals surface area contributed by atoms with Gasteiger partial charge in [-0.2, -0.15) is 0 Å². The number of hydrogen-bond donors (Lipinski definition) is 0. The van der Waals surface area contributed by atoms with Gasteiger partial charge in [-0.15, -0.1) is 12.3 Å². The molecular weight excluding hydrogens is 247 g/mol. The second kappa shape index (κ2) is 5.61. The van der Waals surface area contributed by atoms with Crippen LogP contribution in [0.2, 0.25) is 0 Å². The highest BCUT2D eigenvalue weighted by atomic mass is 31.2. The first-order valence-corrected chi connectivity index (χ1v) is 7.54. The third-order valence-electron chi connectivity index (χ3n) is 2.66. The van der Waals surface area contributed by atoms with Crippen LogP contribution in [0.25, 0.3) is 0 Å². The van der Waals surface area contributed by atoms with Crippen molar-refractivity contribution in [3.05, 3.63) is 36.6 Å². The minimum absolute atomic E-state index is 0.308. The second-order valence-electron chi connectivity index (χ2n) is 4.52. The van der Waals surface area contributed by atoms with Gasteiger partial charge in [-0.05, 0) is 26.3 Å². The van der Waals surface area contributed by atoms with Gasteiger partial charge in [0.2, 0.25) is 0 Å². The van der Waals surface area contributed by atoms with Crippen LogP contribution in [0.5, 0.6) is 0 Å². The lowest BCUT2D eigenvalue weighted by atomic mass is 9.97. The minimum atomic E-state index is -3.16. The van der Waals surface area contributed by atoms with Crippen LogP contribution in [0, 0.1) is 12.3 Å². The molecule has 0 radical (unpaired) electrons. The van der Waals surface area contributed by atoms with Crippen LogP contribution < -0.4 is 0 Å². The normalized spacial score (nSPS) is 26.1. The van der Waals surface area contributed by atoms with E-state index in [9.17, 15) is 4.57 Å². The SMILES string of the molecule is C#CCCCP1(=O)OC(C=C)=C(C=C)C(C)(C)O1. The van der Waals surface area contributed by atoms with Gasteiger partial charge < -0.3 is 4.52 Å². The average Bonchev–Trinajstić information content (AvgIpc) is 2.27. The van der Waals surface area contributed by atoms with Gasteiger partial charge in [0.1, 0.15) is 11.4 Å². The van der Waals surface area contributed by atoms with Gasteiger partial charge >= 0.3 is 7.60 Å². The van der Waals surface area contributed by atoms with E-state index in [0.29, 0.717) is 24.8 Å². The Hall–Kier alpha value is -1.23. The standard InChI is InChI=1S/C14H19O3P/c1-6-9-10-11-18(15)16-13(8-3)12(7-2)14(4,5)17-18/h1,7-8H,2-3,9-11H2,4-5H3. The Morgan fingerprint density at radius 2 is 2.11 bits per heavy atom. The molecule has 0 saturated heterocycles. The molecule has 18 heavy (non-hydrogen) atoms. The molecule has 98 valence electrons. The molecular formula is C14H19O3P. The van der Waals surface area contributed by atoms with Gasteiger partial charge in [0.15, 0.2) is 0 Å². The summed E-state index contributed by atoms with van der Waals surface area (Å²) in [6.07, 6.45) is 9.83. The van der Waals surface area contributed by atoms with Crippen molar-refractivity contribution in [2.24, 2.45) is 0 Å². The van der Waals surface area contributed by atoms with Crippen LogP contribution in [-0.4, -0.2) is 11.8 Å². The van der Waals surface area contributed by atoms with Crippen molar-refractivity contribution in [3.8, 4) is 12.3 Å². The summed E-state index contributed by atoms with van der Waals surface area (Å²) in [5.41, 5.74) is 0.0516. The Morgan fingerprint density at radius 3 is 2.61 bits per heavy atom. The van der Waals surface area contributed by atoms with E-state index in [1.807, 2.05) is 13.8 Å². The topological polar surface area (TPSA) is 35.5 Å². The van der Waals surface area contributed by atoms with Crippen LogP contribution in [0.15, 0.2) is 36.6 Å². The van der Waals surface area contributed by atoms with Crippen molar-refractivity contribution in [3.63, 3.8) is 0 Å². The van der Waals surface area contributed by atoms with Crippen molar-refractivity contribution in [1.29, 1.82) is 0 Å². The molecule has 4 heteroatoms. The molecule has 1 unspecified atom stereocenters. The fourth-order valence-electron chi connectivity index (χ4n) is 1.87. The molecule has 1 rings (SSSR count). The highest BCUT2D eigenvalue weighted by molar-refractivity contribution is 7.54. The first-order chi connectivity index (χ1) is 8.38. The van der Waals surface area contributed by atoms with Crippen LogP contribution in [0.1, 0.15) is 26.7 Å². The predicted molar refractivity (Wildman–Crippen MR) is 74.2 cm³/mol. The number of unbranched alkanes of at least 4 members (excludes halogenated alkanes) is 1. The molecule has 1 heterocycles. The van der Waals surface area contributed by atoms with Gasteiger partial charge in [-0.25, -0.2) is 4.57 Å². The summed E-state index contributed by atoms with van der Waals surface area (Å²) in [6, 6.07) is 0. The molecule has 1 aliphatic heterocycles. The zero-order chi connectivity index (χ0) is 13.8. The van der Waals surface area contributed by atoms with Crippen molar-refractivity contribution >= 4 is 7.60 Å². The molecule has 0 aromatic carbocycles. The lowest BCUT2D eigenvalue weighted by molar-refractivity contribution is 0.101. The zero-order valence-electron chi connectivity index (χ0n) is 10.9. The maximum atomic E-state index is 12.5. The highest BCUT2D eigenvalue weighted by Crippen LogP contribution is 2.59. The minimum Gasteiger partial charge on any atom is -0.424 e. The lowest BCUT2D eigenvalue weighted by Gasteiger charge is -2.37. The van der Waals surface area contributed by atoms with Gasteiger partial charge in [-0.3, -0.25) is 4.52 Å². The monoisotopic (exact) mass is 266 g/mol. The average molecular weight is 266 g/mol. The molecule has 0 aliphatic carbocycles. The maximum Gasteiger partial charge on any atom is 0.380 e. The van der Waals surface area contributed by atoms with Gasteiger partial charge in [-0.1, -0.05) is 19.2 Å². The Balaban J connectivity index is 3.02. The number of hydrogen-bond acceptors (Lipinski definition) is 3. The molecule has 0 bridgehead atoms. The van der Waals surface area contributed by atoms with E-state index in [1.165, 1.54) is 6.08 Å². The molecule has 1 aliphatic rings. The van der Waals surface area contributed by atoms with E-state index < -0.39 is 13.2 Å². The van der Waals surface area contributed by atoms with Crippen LogP contribution in [-0.2, 0) is 13.6 Å². The van der Waals surface area contributed by atoms with E-state index in [1.54, 1.807) is 6.08 Å². The summed E-state index contributed by atoms with van der Waals surface area (Å²) in [7, 11) is -3.16. The number of allylic oxidation sites excluding steroid dienone is 1. The number of rotatable bonds is 5. The van der Waals surface area contributed by atoms with Crippen LogP contribution >= 0.6 is 7.60 Å². The molecule has 0 saturated carbocycles. The van der Waals surface area contributed by atoms with Crippen molar-refractivity contribution in [1.82, 2.24) is 0 Å². The Kier molecular flexibility index (Phi) is 4.62. The fourth-order valence-corrected chi connectivity index (χ4v) is 3.90. The maximum absolute atomic E-state index is 12.5. The smallest absolute Gasteiger partial charge is 0.380 e. The van der Waals surface area contributed by atoms with Gasteiger partial charge in [0, 0.05) is 12.0 Å². The summed E-state index contributed by atoms with van der Waals surface area (Å²) >= 11 is 0. The zero-order valence-corrected chi connectivity index (χ0v) is 11.8. The van der Waals surface area contributed by atoms with E-state index in [-0.39, 0.29) is 0 Å². The van der Waals surface area contributed by atoms with Crippen molar-refractivity contribution < 1.29 is 13.6 Å². The molecule has 0 N–H and O–H groups in total. The molecule has 0 fully saturated rings. The Labute approximate surface area is 109 Å². The summed E-state index contributed by atoms with van der Waals surface area (Å²) < 4.78 is 23.6. The molecule has 0 aromatic heterocycles. The first-order valence-electron chi connectivity index (χ1n) is 5.81. The van der Waals surface area contributed by atoms with Crippen molar-refractivity contribution in [2.75, 3.05) is 6.16 Å². The second-order valence-corrected chi connectivity index (χ2v) is 6.56. The quantitative estimate of drug-likeness (QED) is 0.428. The lowest BCUT2D eigenvalue weighted by Crippen LogP contribution is -2.31. The Morgan fingerprint density at radius 1 is 1.44 bits per heavy atom. The largest absolute Gasteiger partial charge is 0.424 e. The first kappa shape index (κ1) is 14.8. The summed E-state index contributed by atoms with van der Waals surface area (Å²) in [4.78, 5) is 0. The van der Waals surface area contributed by atoms with E-state index in [4.69, 9.17) is 15.5 Å². The Bertz CT molecular complexity index is 466. The van der Waals surface area contributed by atoms with Crippen LogP contribution in [0.4, 0.5) is 0 Å². The van der Waals surface area contributed by atoms with Crippen LogP contribution in [0.3, 0.4) is 0 Å². The summed E-state index contributed by atoms with van der Waals surface area (Å²) in [5, 5.41) is 0.